The van der Waals surface area contributed by atoms with Crippen LogP contribution >= 0.6 is 0 Å². The zero-order valence-corrected chi connectivity index (χ0v) is 13.0. The van der Waals surface area contributed by atoms with Gasteiger partial charge in [0.2, 0.25) is 11.8 Å². The lowest BCUT2D eigenvalue weighted by Crippen LogP contribution is -2.63. The largest absolute Gasteiger partial charge is 0.343 e. The van der Waals surface area contributed by atoms with Crippen LogP contribution in [-0.4, -0.2) is 43.6 Å². The number of hydrogen-bond acceptors (Lipinski definition) is 4. The van der Waals surface area contributed by atoms with Gasteiger partial charge in [0.25, 0.3) is 0 Å². The number of nitrogens with zero attached hydrogens (tertiary/aromatic N) is 4. The van der Waals surface area contributed by atoms with Gasteiger partial charge in [-0.05, 0) is 19.8 Å². The number of aromatic nitrogens is 3. The molecule has 0 saturated carbocycles. The highest BCUT2D eigenvalue weighted by atomic mass is 16.2. The number of aryl methyl sites for hydroxylation is 1. The number of piperazine rings is 1. The molecule has 1 aliphatic rings. The molecule has 1 saturated heterocycles. The van der Waals surface area contributed by atoms with Crippen molar-refractivity contribution in [3.63, 3.8) is 0 Å². The first-order valence-electron chi connectivity index (χ1n) is 7.47. The molecule has 0 aliphatic carbocycles. The summed E-state index contributed by atoms with van der Waals surface area (Å²) >= 11 is 0. The molecule has 1 N–H and O–H groups in total. The molecule has 3 atom stereocenters. The van der Waals surface area contributed by atoms with Crippen molar-refractivity contribution in [2.75, 3.05) is 0 Å². The van der Waals surface area contributed by atoms with Crippen LogP contribution in [0.25, 0.3) is 0 Å². The van der Waals surface area contributed by atoms with Crippen molar-refractivity contribution >= 4 is 11.8 Å². The summed E-state index contributed by atoms with van der Waals surface area (Å²) in [6.07, 6.45) is 2.31. The van der Waals surface area contributed by atoms with Gasteiger partial charge >= 0.3 is 0 Å². The lowest BCUT2D eigenvalue weighted by molar-refractivity contribution is -0.151. The molecule has 3 unspecified atom stereocenters. The van der Waals surface area contributed by atoms with E-state index < -0.39 is 12.1 Å². The van der Waals surface area contributed by atoms with E-state index in [1.807, 2.05) is 20.8 Å². The Morgan fingerprint density at radius 2 is 2.10 bits per heavy atom. The standard InChI is InChI=1S/C14H23N5O2/c1-5-9(3)12-13(20)17-10(4)14(21)18(12)7-11-15-8-16-19(11)6-2/h8-10,12H,5-7H2,1-4H3,(H,17,20). The molecule has 0 radical (unpaired) electrons. The van der Waals surface area contributed by atoms with Crippen LogP contribution in [0.1, 0.15) is 39.9 Å². The molecule has 1 aromatic heterocycles. The summed E-state index contributed by atoms with van der Waals surface area (Å²) in [5.41, 5.74) is 0. The normalized spacial score (nSPS) is 24.1. The SMILES string of the molecule is CCC(C)C1C(=O)NC(C)C(=O)N1Cc1ncnn1CC. The zero-order valence-electron chi connectivity index (χ0n) is 13.0. The van der Waals surface area contributed by atoms with Crippen LogP contribution in [0.3, 0.4) is 0 Å². The van der Waals surface area contributed by atoms with E-state index in [9.17, 15) is 9.59 Å². The first-order valence-corrected chi connectivity index (χ1v) is 7.47. The topological polar surface area (TPSA) is 80.1 Å². The number of amides is 2. The zero-order chi connectivity index (χ0) is 15.6. The van der Waals surface area contributed by atoms with E-state index in [0.29, 0.717) is 18.9 Å². The quantitative estimate of drug-likeness (QED) is 0.860. The molecule has 2 heterocycles. The molecule has 0 aromatic carbocycles. The fourth-order valence-corrected chi connectivity index (χ4v) is 2.68. The molecule has 2 rings (SSSR count). The minimum Gasteiger partial charge on any atom is -0.343 e. The molecule has 1 fully saturated rings. The minimum absolute atomic E-state index is 0.0643. The monoisotopic (exact) mass is 293 g/mol. The summed E-state index contributed by atoms with van der Waals surface area (Å²) < 4.78 is 1.75. The van der Waals surface area contributed by atoms with Gasteiger partial charge in [-0.25, -0.2) is 9.67 Å². The Hall–Kier alpha value is -1.92. The van der Waals surface area contributed by atoms with E-state index in [1.165, 1.54) is 6.33 Å². The van der Waals surface area contributed by atoms with Gasteiger partial charge in [-0.3, -0.25) is 9.59 Å². The van der Waals surface area contributed by atoms with Crippen LogP contribution in [0.5, 0.6) is 0 Å². The molecule has 7 heteroatoms. The summed E-state index contributed by atoms with van der Waals surface area (Å²) in [6, 6.07) is -0.934. The maximum Gasteiger partial charge on any atom is 0.245 e. The van der Waals surface area contributed by atoms with E-state index in [-0.39, 0.29) is 17.7 Å². The van der Waals surface area contributed by atoms with Gasteiger partial charge in [-0.15, -0.1) is 0 Å². The first-order chi connectivity index (χ1) is 9.99. The van der Waals surface area contributed by atoms with Crippen molar-refractivity contribution in [1.82, 2.24) is 25.0 Å². The Labute approximate surface area is 124 Å². The fourth-order valence-electron chi connectivity index (χ4n) is 2.68. The molecule has 2 amide bonds. The van der Waals surface area contributed by atoms with Crippen molar-refractivity contribution in [3.05, 3.63) is 12.2 Å². The van der Waals surface area contributed by atoms with Crippen LogP contribution in [-0.2, 0) is 22.7 Å². The Balaban J connectivity index is 2.30. The Morgan fingerprint density at radius 3 is 2.71 bits per heavy atom. The molecule has 116 valence electrons. The second-order valence-corrected chi connectivity index (χ2v) is 5.52. The van der Waals surface area contributed by atoms with Crippen LogP contribution in [0.4, 0.5) is 0 Å². The molecule has 21 heavy (non-hydrogen) atoms. The van der Waals surface area contributed by atoms with E-state index in [0.717, 1.165) is 6.42 Å². The number of hydrogen-bond donors (Lipinski definition) is 1. The fraction of sp³-hybridized carbons (Fsp3) is 0.714. The van der Waals surface area contributed by atoms with E-state index in [4.69, 9.17) is 0 Å². The Kier molecular flexibility index (Phi) is 4.59. The second kappa shape index (κ2) is 6.24. The van der Waals surface area contributed by atoms with Gasteiger partial charge in [0.05, 0.1) is 6.54 Å². The highest BCUT2D eigenvalue weighted by Gasteiger charge is 2.41. The molecule has 7 nitrogen and oxygen atoms in total. The summed E-state index contributed by atoms with van der Waals surface area (Å²) in [5.74, 6) is 0.657. The predicted octanol–water partition coefficient (Wildman–Crippen LogP) is 0.560. The molecule has 0 bridgehead atoms. The highest BCUT2D eigenvalue weighted by Crippen LogP contribution is 2.21. The first kappa shape index (κ1) is 15.5. The summed E-state index contributed by atoms with van der Waals surface area (Å²) in [7, 11) is 0. The number of carbonyl (C=O) groups is 2. The van der Waals surface area contributed by atoms with Crippen LogP contribution in [0, 0.1) is 5.92 Å². The van der Waals surface area contributed by atoms with Gasteiger partial charge in [0, 0.05) is 6.54 Å². The molecular weight excluding hydrogens is 270 g/mol. The van der Waals surface area contributed by atoms with Gasteiger partial charge in [0.1, 0.15) is 24.2 Å². The predicted molar refractivity (Wildman–Crippen MR) is 77.1 cm³/mol. The Morgan fingerprint density at radius 1 is 1.38 bits per heavy atom. The van der Waals surface area contributed by atoms with Crippen molar-refractivity contribution in [2.45, 2.75) is 59.3 Å². The number of carbonyl (C=O) groups excluding carboxylic acids is 2. The molecule has 0 spiro atoms. The minimum atomic E-state index is -0.490. The molecule has 1 aromatic rings. The smallest absolute Gasteiger partial charge is 0.245 e. The molecular formula is C14H23N5O2. The Bertz CT molecular complexity index is 527. The van der Waals surface area contributed by atoms with Crippen molar-refractivity contribution < 1.29 is 9.59 Å². The summed E-state index contributed by atoms with van der Waals surface area (Å²) in [4.78, 5) is 30.6. The average Bonchev–Trinajstić information content (AvgIpc) is 2.91. The number of rotatable bonds is 5. The van der Waals surface area contributed by atoms with Crippen LogP contribution in [0.2, 0.25) is 0 Å². The summed E-state index contributed by atoms with van der Waals surface area (Å²) in [5, 5.41) is 6.88. The maximum absolute atomic E-state index is 12.5. The van der Waals surface area contributed by atoms with Crippen molar-refractivity contribution in [2.24, 2.45) is 5.92 Å². The highest BCUT2D eigenvalue weighted by molar-refractivity contribution is 5.96. The van der Waals surface area contributed by atoms with Gasteiger partial charge < -0.3 is 10.2 Å². The summed E-state index contributed by atoms with van der Waals surface area (Å²) in [6.45, 7) is 8.70. The van der Waals surface area contributed by atoms with E-state index in [1.54, 1.807) is 16.5 Å². The van der Waals surface area contributed by atoms with Crippen LogP contribution < -0.4 is 5.32 Å². The lowest BCUT2D eigenvalue weighted by atomic mass is 9.93. The third kappa shape index (κ3) is 2.91. The lowest BCUT2D eigenvalue weighted by Gasteiger charge is -2.40. The van der Waals surface area contributed by atoms with Gasteiger partial charge in [0.15, 0.2) is 0 Å². The second-order valence-electron chi connectivity index (χ2n) is 5.52. The van der Waals surface area contributed by atoms with E-state index >= 15 is 0 Å². The van der Waals surface area contributed by atoms with Gasteiger partial charge in [-0.1, -0.05) is 20.3 Å². The number of nitrogens with one attached hydrogen (secondary N) is 1. The third-order valence-electron chi connectivity index (χ3n) is 4.11. The van der Waals surface area contributed by atoms with Crippen LogP contribution in [0.15, 0.2) is 6.33 Å². The molecule has 1 aliphatic heterocycles. The maximum atomic E-state index is 12.5. The van der Waals surface area contributed by atoms with Gasteiger partial charge in [-0.2, -0.15) is 5.10 Å². The van der Waals surface area contributed by atoms with Crippen molar-refractivity contribution in [3.8, 4) is 0 Å². The third-order valence-corrected chi connectivity index (χ3v) is 4.11. The van der Waals surface area contributed by atoms with Crippen molar-refractivity contribution in [1.29, 1.82) is 0 Å². The van der Waals surface area contributed by atoms with E-state index in [2.05, 4.69) is 15.4 Å². The average molecular weight is 293 g/mol.